The van der Waals surface area contributed by atoms with Gasteiger partial charge < -0.3 is 10.2 Å². The fourth-order valence-electron chi connectivity index (χ4n) is 2.74. The first-order valence-electron chi connectivity index (χ1n) is 9.00. The first kappa shape index (κ1) is 19.0. The number of carbonyl (C=O) groups is 1. The average molecular weight is 385 g/mol. The zero-order chi connectivity index (χ0) is 19.4. The lowest BCUT2D eigenvalue weighted by Crippen LogP contribution is -2.30. The Morgan fingerprint density at radius 3 is 2.85 bits per heavy atom. The summed E-state index contributed by atoms with van der Waals surface area (Å²) in [6.07, 6.45) is 2.60. The topological polar surface area (TPSA) is 79.6 Å². The van der Waals surface area contributed by atoms with Crippen molar-refractivity contribution in [3.8, 4) is 0 Å². The lowest BCUT2D eigenvalue weighted by atomic mass is 10.1. The van der Waals surface area contributed by atoms with Crippen LogP contribution in [0.5, 0.6) is 0 Å². The molecule has 3 aromatic rings. The molecule has 1 N–H and O–H groups in total. The standard InChI is InChI=1S/C19H23N5O2S/c1-4-7-14-11-17(26)24-18(21-14)27-19(22-24)23(3)12-16(25)20-15-9-6-8-13(5-2)10-15/h6,8-11H,4-5,7,12H2,1-3H3,(H,20,25). The molecule has 0 bridgehead atoms. The van der Waals surface area contributed by atoms with Crippen LogP contribution in [0.25, 0.3) is 4.96 Å². The quantitative estimate of drug-likeness (QED) is 0.676. The van der Waals surface area contributed by atoms with Crippen LogP contribution in [-0.4, -0.2) is 34.1 Å². The molecular weight excluding hydrogens is 362 g/mol. The number of nitrogens with zero attached hydrogens (tertiary/aromatic N) is 4. The molecule has 0 aliphatic heterocycles. The second-order valence-electron chi connectivity index (χ2n) is 6.37. The van der Waals surface area contributed by atoms with Crippen molar-refractivity contribution in [1.82, 2.24) is 14.6 Å². The van der Waals surface area contributed by atoms with Gasteiger partial charge in [0, 0.05) is 24.5 Å². The SMILES string of the molecule is CCCc1cc(=O)n2nc(N(C)CC(=O)Nc3cccc(CC)c3)sc2n1. The number of rotatable bonds is 7. The normalized spacial score (nSPS) is 10.9. The zero-order valence-electron chi connectivity index (χ0n) is 15.7. The Balaban J connectivity index is 1.73. The summed E-state index contributed by atoms with van der Waals surface area (Å²) in [4.78, 5) is 31.3. The third-order valence-corrected chi connectivity index (χ3v) is 5.14. The highest BCUT2D eigenvalue weighted by atomic mass is 32.1. The second kappa shape index (κ2) is 8.30. The molecule has 0 atom stereocenters. The van der Waals surface area contributed by atoms with Crippen LogP contribution in [0.1, 0.15) is 31.5 Å². The van der Waals surface area contributed by atoms with Gasteiger partial charge in [0.2, 0.25) is 16.0 Å². The van der Waals surface area contributed by atoms with Crippen molar-refractivity contribution in [2.75, 3.05) is 23.8 Å². The van der Waals surface area contributed by atoms with Crippen LogP contribution in [0, 0.1) is 0 Å². The van der Waals surface area contributed by atoms with Crippen molar-refractivity contribution in [3.63, 3.8) is 0 Å². The number of aryl methyl sites for hydroxylation is 2. The van der Waals surface area contributed by atoms with Gasteiger partial charge in [0.05, 0.1) is 6.54 Å². The van der Waals surface area contributed by atoms with Crippen molar-refractivity contribution >= 4 is 33.0 Å². The molecule has 3 rings (SSSR count). The van der Waals surface area contributed by atoms with Crippen molar-refractivity contribution in [3.05, 3.63) is 51.9 Å². The number of hydrogen-bond donors (Lipinski definition) is 1. The minimum atomic E-state index is -0.194. The smallest absolute Gasteiger partial charge is 0.275 e. The summed E-state index contributed by atoms with van der Waals surface area (Å²) in [5.74, 6) is -0.142. The Morgan fingerprint density at radius 2 is 2.11 bits per heavy atom. The van der Waals surface area contributed by atoms with Gasteiger partial charge in [0.1, 0.15) is 0 Å². The van der Waals surface area contributed by atoms with E-state index >= 15 is 0 Å². The van der Waals surface area contributed by atoms with E-state index in [1.165, 1.54) is 27.5 Å². The van der Waals surface area contributed by atoms with Gasteiger partial charge in [-0.05, 0) is 30.5 Å². The van der Waals surface area contributed by atoms with Crippen LogP contribution in [0.4, 0.5) is 10.8 Å². The van der Waals surface area contributed by atoms with Crippen molar-refractivity contribution < 1.29 is 4.79 Å². The summed E-state index contributed by atoms with van der Waals surface area (Å²) >= 11 is 1.30. The lowest BCUT2D eigenvalue weighted by Gasteiger charge is -2.14. The monoisotopic (exact) mass is 385 g/mol. The van der Waals surface area contributed by atoms with Crippen molar-refractivity contribution in [1.29, 1.82) is 0 Å². The Labute approximate surface area is 161 Å². The van der Waals surface area contributed by atoms with E-state index in [0.29, 0.717) is 10.1 Å². The zero-order valence-corrected chi connectivity index (χ0v) is 16.5. The number of benzene rings is 1. The van der Waals surface area contributed by atoms with E-state index in [0.717, 1.165) is 30.6 Å². The maximum absolute atomic E-state index is 12.4. The highest BCUT2D eigenvalue weighted by Gasteiger charge is 2.15. The minimum Gasteiger partial charge on any atom is -0.340 e. The summed E-state index contributed by atoms with van der Waals surface area (Å²) in [6, 6.07) is 9.31. The molecule has 0 radical (unpaired) electrons. The van der Waals surface area contributed by atoms with E-state index in [1.54, 1.807) is 11.9 Å². The van der Waals surface area contributed by atoms with Gasteiger partial charge in [-0.25, -0.2) is 4.98 Å². The molecular formula is C19H23N5O2S. The fraction of sp³-hybridized carbons (Fsp3) is 0.368. The molecule has 0 fully saturated rings. The van der Waals surface area contributed by atoms with Crippen LogP contribution in [-0.2, 0) is 17.6 Å². The molecule has 1 amide bonds. The third-order valence-electron chi connectivity index (χ3n) is 4.12. The molecule has 1 aromatic carbocycles. The van der Waals surface area contributed by atoms with Crippen LogP contribution >= 0.6 is 11.3 Å². The van der Waals surface area contributed by atoms with Gasteiger partial charge in [-0.3, -0.25) is 9.59 Å². The molecule has 27 heavy (non-hydrogen) atoms. The molecule has 0 saturated heterocycles. The Kier molecular flexibility index (Phi) is 5.85. The second-order valence-corrected chi connectivity index (χ2v) is 7.31. The van der Waals surface area contributed by atoms with Crippen LogP contribution in [0.2, 0.25) is 0 Å². The molecule has 0 saturated carbocycles. The van der Waals surface area contributed by atoms with Gasteiger partial charge in [0.25, 0.3) is 5.56 Å². The molecule has 8 heteroatoms. The number of hydrogen-bond acceptors (Lipinski definition) is 6. The number of nitrogens with one attached hydrogen (secondary N) is 1. The van der Waals surface area contributed by atoms with Crippen LogP contribution in [0.3, 0.4) is 0 Å². The maximum atomic E-state index is 12.4. The molecule has 0 unspecified atom stereocenters. The first-order chi connectivity index (χ1) is 13.0. The number of likely N-dealkylation sites (N-methyl/N-ethyl adjacent to an activating group) is 1. The van der Waals surface area contributed by atoms with E-state index in [-0.39, 0.29) is 18.0 Å². The molecule has 2 aromatic heterocycles. The van der Waals surface area contributed by atoms with Gasteiger partial charge >= 0.3 is 0 Å². The molecule has 142 valence electrons. The molecule has 0 aliphatic rings. The molecule has 7 nitrogen and oxygen atoms in total. The number of amides is 1. The van der Waals surface area contributed by atoms with E-state index in [9.17, 15) is 9.59 Å². The highest BCUT2D eigenvalue weighted by molar-refractivity contribution is 7.20. The Morgan fingerprint density at radius 1 is 1.30 bits per heavy atom. The predicted octanol–water partition coefficient (Wildman–Crippen LogP) is 2.74. The first-order valence-corrected chi connectivity index (χ1v) is 9.81. The number of fused-ring (bicyclic) bond motifs is 1. The number of anilines is 2. The summed E-state index contributed by atoms with van der Waals surface area (Å²) in [5.41, 5.74) is 2.52. The van der Waals surface area contributed by atoms with E-state index in [2.05, 4.69) is 22.3 Å². The summed E-state index contributed by atoms with van der Waals surface area (Å²) in [7, 11) is 1.78. The third kappa shape index (κ3) is 4.51. The van der Waals surface area contributed by atoms with Gasteiger partial charge in [-0.1, -0.05) is 43.7 Å². The van der Waals surface area contributed by atoms with Crippen molar-refractivity contribution in [2.24, 2.45) is 0 Å². The van der Waals surface area contributed by atoms with Crippen LogP contribution < -0.4 is 15.8 Å². The van der Waals surface area contributed by atoms with E-state index < -0.39 is 0 Å². The van der Waals surface area contributed by atoms with Crippen molar-refractivity contribution in [2.45, 2.75) is 33.1 Å². The number of aromatic nitrogens is 3. The largest absolute Gasteiger partial charge is 0.340 e. The minimum absolute atomic E-state index is 0.132. The van der Waals surface area contributed by atoms with E-state index in [1.807, 2.05) is 31.2 Å². The number of carbonyl (C=O) groups excluding carboxylic acids is 1. The molecule has 0 aliphatic carbocycles. The average Bonchev–Trinajstić information content (AvgIpc) is 3.07. The van der Waals surface area contributed by atoms with Gasteiger partial charge in [0.15, 0.2) is 0 Å². The van der Waals surface area contributed by atoms with Crippen LogP contribution in [0.15, 0.2) is 35.1 Å². The summed E-state index contributed by atoms with van der Waals surface area (Å²) in [6.45, 7) is 4.25. The molecule has 2 heterocycles. The lowest BCUT2D eigenvalue weighted by molar-refractivity contribution is -0.114. The Hall–Kier alpha value is -2.74. The van der Waals surface area contributed by atoms with E-state index in [4.69, 9.17) is 0 Å². The Bertz CT molecular complexity index is 1010. The maximum Gasteiger partial charge on any atom is 0.275 e. The summed E-state index contributed by atoms with van der Waals surface area (Å²) in [5, 5.41) is 7.78. The summed E-state index contributed by atoms with van der Waals surface area (Å²) < 4.78 is 1.29. The predicted molar refractivity (Wildman–Crippen MR) is 109 cm³/mol. The van der Waals surface area contributed by atoms with Gasteiger partial charge in [-0.2, -0.15) is 4.52 Å². The fourth-order valence-corrected chi connectivity index (χ4v) is 3.62. The highest BCUT2D eigenvalue weighted by Crippen LogP contribution is 2.20. The van der Waals surface area contributed by atoms with Gasteiger partial charge in [-0.15, -0.1) is 5.10 Å². The molecule has 0 spiro atoms.